The first-order chi connectivity index (χ1) is 14.2. The number of aromatic nitrogens is 1. The van der Waals surface area contributed by atoms with Crippen molar-refractivity contribution in [3.63, 3.8) is 0 Å². The third-order valence-corrected chi connectivity index (χ3v) is 6.13. The van der Waals surface area contributed by atoms with E-state index in [1.54, 1.807) is 11.3 Å². The van der Waals surface area contributed by atoms with E-state index in [0.717, 1.165) is 41.7 Å². The number of carboxylic acids is 1. The summed E-state index contributed by atoms with van der Waals surface area (Å²) in [5, 5.41) is 12.0. The van der Waals surface area contributed by atoms with Gasteiger partial charge in [-0.2, -0.15) is 4.57 Å². The molecule has 2 heterocycles. The molecule has 0 N–H and O–H groups in total. The molecule has 0 saturated carbocycles. The van der Waals surface area contributed by atoms with Crippen molar-refractivity contribution < 1.29 is 19.2 Å². The zero-order valence-electron chi connectivity index (χ0n) is 16.5. The lowest BCUT2D eigenvalue weighted by Gasteiger charge is -2.18. The number of carbonyl (C=O) groups is 1. The summed E-state index contributed by atoms with van der Waals surface area (Å²) >= 11 is 1.75. The second kappa shape index (κ2) is 8.66. The summed E-state index contributed by atoms with van der Waals surface area (Å²) in [7, 11) is 0. The van der Waals surface area contributed by atoms with Crippen molar-refractivity contribution in [2.45, 2.75) is 39.2 Å². The Balaban J connectivity index is 1.71. The zero-order chi connectivity index (χ0) is 20.2. The predicted molar refractivity (Wildman–Crippen MR) is 114 cm³/mol. The molecule has 4 rings (SSSR count). The van der Waals surface area contributed by atoms with Gasteiger partial charge in [-0.25, -0.2) is 0 Å². The molecule has 5 nitrogen and oxygen atoms in total. The molecule has 0 atom stereocenters. The third-order valence-electron chi connectivity index (χ3n) is 5.02. The molecule has 0 fully saturated rings. The van der Waals surface area contributed by atoms with Crippen LogP contribution >= 0.6 is 11.3 Å². The van der Waals surface area contributed by atoms with Gasteiger partial charge in [0.25, 0.3) is 5.01 Å². The van der Waals surface area contributed by atoms with E-state index in [4.69, 9.17) is 4.74 Å². The molecule has 0 saturated heterocycles. The van der Waals surface area contributed by atoms with Gasteiger partial charge in [-0.05, 0) is 31.0 Å². The molecule has 0 bridgehead atoms. The molecule has 1 aliphatic rings. The van der Waals surface area contributed by atoms with E-state index in [1.165, 1.54) is 10.2 Å². The van der Waals surface area contributed by atoms with Crippen LogP contribution in [0.1, 0.15) is 37.6 Å². The van der Waals surface area contributed by atoms with Gasteiger partial charge in [-0.15, -0.1) is 0 Å². The average molecular weight is 409 g/mol. The fourth-order valence-electron chi connectivity index (χ4n) is 3.59. The highest BCUT2D eigenvalue weighted by atomic mass is 32.1. The lowest BCUT2D eigenvalue weighted by Crippen LogP contribution is -2.35. The van der Waals surface area contributed by atoms with Gasteiger partial charge < -0.3 is 19.5 Å². The Bertz CT molecular complexity index is 1060. The molecule has 29 heavy (non-hydrogen) atoms. The molecule has 1 aliphatic heterocycles. The molecule has 0 radical (unpaired) electrons. The Morgan fingerprint density at radius 2 is 1.97 bits per heavy atom. The molecule has 0 aliphatic carbocycles. The SMILES string of the molecule is CCCC[n+]1c(/C=C2/Oc3ccccc3N2CCCC(=O)[O-])sc2ccccc21. The van der Waals surface area contributed by atoms with Gasteiger partial charge in [0, 0.05) is 25.0 Å². The van der Waals surface area contributed by atoms with E-state index in [0.29, 0.717) is 13.0 Å². The lowest BCUT2D eigenvalue weighted by atomic mass is 10.2. The van der Waals surface area contributed by atoms with Crippen molar-refractivity contribution in [2.24, 2.45) is 0 Å². The van der Waals surface area contributed by atoms with Crippen molar-refractivity contribution in [3.05, 3.63) is 59.4 Å². The molecule has 2 aromatic carbocycles. The number of unbranched alkanes of at least 4 members (excludes halogenated alkanes) is 1. The number of para-hydroxylation sites is 3. The number of thiazole rings is 1. The maximum absolute atomic E-state index is 10.9. The van der Waals surface area contributed by atoms with Gasteiger partial charge in [0.05, 0.1) is 11.8 Å². The number of hydrogen-bond donors (Lipinski definition) is 0. The summed E-state index contributed by atoms with van der Waals surface area (Å²) in [6.07, 6.45) is 4.85. The van der Waals surface area contributed by atoms with Crippen molar-refractivity contribution in [1.29, 1.82) is 0 Å². The Hall–Kier alpha value is -2.86. The third kappa shape index (κ3) is 4.12. The summed E-state index contributed by atoms with van der Waals surface area (Å²) in [6.45, 7) is 3.72. The van der Waals surface area contributed by atoms with Gasteiger partial charge in [-0.3, -0.25) is 0 Å². The summed E-state index contributed by atoms with van der Waals surface area (Å²) in [4.78, 5) is 12.9. The zero-order valence-corrected chi connectivity index (χ0v) is 17.3. The number of carbonyl (C=O) groups excluding carboxylic acids is 1. The maximum atomic E-state index is 10.9. The Labute approximate surface area is 174 Å². The van der Waals surface area contributed by atoms with Gasteiger partial charge in [0.2, 0.25) is 11.4 Å². The van der Waals surface area contributed by atoms with E-state index in [1.807, 2.05) is 24.3 Å². The highest BCUT2D eigenvalue weighted by Crippen LogP contribution is 2.39. The monoisotopic (exact) mass is 408 g/mol. The Kier molecular flexibility index (Phi) is 5.81. The number of aliphatic carboxylic acids is 1. The number of ether oxygens (including phenoxy) is 1. The van der Waals surface area contributed by atoms with Crippen LogP contribution in [0.4, 0.5) is 5.69 Å². The van der Waals surface area contributed by atoms with Crippen LogP contribution in [0, 0.1) is 0 Å². The summed E-state index contributed by atoms with van der Waals surface area (Å²) in [6, 6.07) is 16.3. The molecule has 150 valence electrons. The highest BCUT2D eigenvalue weighted by Gasteiger charge is 2.28. The number of nitrogens with zero attached hydrogens (tertiary/aromatic N) is 2. The van der Waals surface area contributed by atoms with E-state index >= 15 is 0 Å². The standard InChI is InChI=1S/C23H24N2O3S/c1-2-3-14-25-18-10-5-7-12-20(18)29-22(25)16-21-24(15-8-13-23(26)27)17-9-4-6-11-19(17)28-21/h4-7,9-12,16H,2-3,8,13-15H2,1H3. The van der Waals surface area contributed by atoms with Gasteiger partial charge in [0.15, 0.2) is 12.3 Å². The second-order valence-corrected chi connectivity index (χ2v) is 8.16. The minimum absolute atomic E-state index is 0.0331. The van der Waals surface area contributed by atoms with E-state index < -0.39 is 5.97 Å². The van der Waals surface area contributed by atoms with Crippen molar-refractivity contribution in [2.75, 3.05) is 11.4 Å². The molecule has 3 aromatic rings. The van der Waals surface area contributed by atoms with Gasteiger partial charge in [0.1, 0.15) is 4.70 Å². The number of rotatable bonds is 8. The van der Waals surface area contributed by atoms with Crippen LogP contribution in [-0.4, -0.2) is 12.5 Å². The van der Waals surface area contributed by atoms with E-state index in [2.05, 4.69) is 46.7 Å². The van der Waals surface area contributed by atoms with Gasteiger partial charge in [-0.1, -0.05) is 48.9 Å². The first-order valence-corrected chi connectivity index (χ1v) is 10.9. The fraction of sp³-hybridized carbons (Fsp3) is 0.304. The number of anilines is 1. The van der Waals surface area contributed by atoms with Crippen LogP contribution in [0.2, 0.25) is 0 Å². The molecule has 6 heteroatoms. The summed E-state index contributed by atoms with van der Waals surface area (Å²) < 4.78 is 9.75. The first-order valence-electron chi connectivity index (χ1n) is 10.0. The van der Waals surface area contributed by atoms with Crippen molar-refractivity contribution in [3.8, 4) is 5.75 Å². The van der Waals surface area contributed by atoms with E-state index in [9.17, 15) is 9.90 Å². The quantitative estimate of drug-likeness (QED) is 0.533. The van der Waals surface area contributed by atoms with Gasteiger partial charge >= 0.3 is 0 Å². The first kappa shape index (κ1) is 19.5. The molecule has 1 aromatic heterocycles. The number of benzene rings is 2. The molecular weight excluding hydrogens is 384 g/mol. The molecule has 0 spiro atoms. The highest BCUT2D eigenvalue weighted by molar-refractivity contribution is 7.18. The topological polar surface area (TPSA) is 56.5 Å². The number of hydrogen-bond acceptors (Lipinski definition) is 5. The Morgan fingerprint density at radius 1 is 1.17 bits per heavy atom. The summed E-state index contributed by atoms with van der Waals surface area (Å²) in [5.74, 6) is 0.514. The van der Waals surface area contributed by atoms with Crippen LogP contribution in [0.5, 0.6) is 5.75 Å². The molecule has 0 unspecified atom stereocenters. The normalized spacial score (nSPS) is 14.4. The van der Waals surface area contributed by atoms with Crippen LogP contribution in [0.25, 0.3) is 16.3 Å². The Morgan fingerprint density at radius 3 is 2.79 bits per heavy atom. The smallest absolute Gasteiger partial charge is 0.268 e. The lowest BCUT2D eigenvalue weighted by molar-refractivity contribution is -0.669. The molecular formula is C23H24N2O3S. The van der Waals surface area contributed by atoms with E-state index in [-0.39, 0.29) is 6.42 Å². The number of fused-ring (bicyclic) bond motifs is 2. The minimum atomic E-state index is -1.02. The predicted octanol–water partition coefficient (Wildman–Crippen LogP) is 3.72. The van der Waals surface area contributed by atoms with Crippen LogP contribution in [0.15, 0.2) is 54.4 Å². The summed E-state index contributed by atoms with van der Waals surface area (Å²) in [5.41, 5.74) is 2.20. The van der Waals surface area contributed by atoms with Crippen molar-refractivity contribution in [1.82, 2.24) is 0 Å². The van der Waals surface area contributed by atoms with Crippen LogP contribution in [0.3, 0.4) is 0 Å². The van der Waals surface area contributed by atoms with Crippen LogP contribution in [-0.2, 0) is 11.3 Å². The van der Waals surface area contributed by atoms with Crippen molar-refractivity contribution >= 4 is 39.3 Å². The molecule has 0 amide bonds. The maximum Gasteiger partial charge on any atom is 0.268 e. The second-order valence-electron chi connectivity index (χ2n) is 7.09. The number of aryl methyl sites for hydroxylation is 1. The number of carboxylic acid groups (broad SMARTS) is 1. The fourth-order valence-corrected chi connectivity index (χ4v) is 4.70. The largest absolute Gasteiger partial charge is 0.550 e. The minimum Gasteiger partial charge on any atom is -0.550 e. The average Bonchev–Trinajstić information content (AvgIpc) is 3.24. The van der Waals surface area contributed by atoms with Crippen LogP contribution < -0.4 is 19.3 Å².